The Morgan fingerprint density at radius 1 is 1.45 bits per heavy atom. The third kappa shape index (κ3) is 3.94. The third-order valence-corrected chi connectivity index (χ3v) is 3.19. The Kier molecular flexibility index (Phi) is 5.36. The topological polar surface area (TPSA) is 63.5 Å². The van der Waals surface area contributed by atoms with Gasteiger partial charge in [-0.25, -0.2) is 0 Å². The summed E-state index contributed by atoms with van der Waals surface area (Å²) in [6, 6.07) is 7.61. The second kappa shape index (κ2) is 7.25. The van der Waals surface area contributed by atoms with Crippen LogP contribution in [0.4, 0.5) is 0 Å². The number of hydrogen-bond acceptors (Lipinski definition) is 5. The molecule has 20 heavy (non-hydrogen) atoms. The highest BCUT2D eigenvalue weighted by Crippen LogP contribution is 2.19. The molecule has 2 atom stereocenters. The molecule has 1 aliphatic rings. The van der Waals surface area contributed by atoms with E-state index in [9.17, 15) is 0 Å². The lowest BCUT2D eigenvalue weighted by atomic mass is 10.1. The summed E-state index contributed by atoms with van der Waals surface area (Å²) in [5.74, 6) is 0.588. The number of benzene rings is 1. The summed E-state index contributed by atoms with van der Waals surface area (Å²) in [4.78, 5) is 0. The van der Waals surface area contributed by atoms with Crippen molar-refractivity contribution >= 4 is 0 Å². The zero-order valence-electron chi connectivity index (χ0n) is 11.9. The first kappa shape index (κ1) is 14.8. The van der Waals surface area contributed by atoms with E-state index in [0.717, 1.165) is 18.7 Å². The molecule has 0 aromatic heterocycles. The fraction of sp³-hybridized carbons (Fsp3) is 0.533. The van der Waals surface area contributed by atoms with Crippen LogP contribution in [0.2, 0.25) is 0 Å². The number of nitrogens with one attached hydrogen (secondary N) is 1. The minimum absolute atomic E-state index is 0.0902. The molecule has 1 heterocycles. The Morgan fingerprint density at radius 3 is 3.00 bits per heavy atom. The smallest absolute Gasteiger partial charge is 0.136 e. The largest absolute Gasteiger partial charge is 0.495 e. The standard InChI is InChI=1S/C15H20N2O3/c1-11-7-17-8-14(20-11)10-19-9-12-3-4-15(18-2)13(5-12)6-16/h3-5,11,14,17H,7-10H2,1-2H3. The van der Waals surface area contributed by atoms with Gasteiger partial charge in [0.05, 0.1) is 38.1 Å². The average Bonchev–Trinajstić information content (AvgIpc) is 2.47. The van der Waals surface area contributed by atoms with Crippen molar-refractivity contribution in [1.82, 2.24) is 5.32 Å². The maximum Gasteiger partial charge on any atom is 0.136 e. The number of ether oxygens (including phenoxy) is 3. The predicted molar refractivity (Wildman–Crippen MR) is 74.6 cm³/mol. The first-order valence-electron chi connectivity index (χ1n) is 6.74. The Morgan fingerprint density at radius 2 is 2.30 bits per heavy atom. The summed E-state index contributed by atoms with van der Waals surface area (Å²) >= 11 is 0. The van der Waals surface area contributed by atoms with Gasteiger partial charge in [-0.3, -0.25) is 0 Å². The summed E-state index contributed by atoms with van der Waals surface area (Å²) in [6.45, 7) is 4.76. The van der Waals surface area contributed by atoms with E-state index in [1.54, 1.807) is 19.2 Å². The van der Waals surface area contributed by atoms with Crippen molar-refractivity contribution in [3.63, 3.8) is 0 Å². The molecule has 2 rings (SSSR count). The molecule has 1 aromatic rings. The molecular formula is C15H20N2O3. The molecule has 0 spiro atoms. The Hall–Kier alpha value is -1.61. The van der Waals surface area contributed by atoms with Crippen molar-refractivity contribution < 1.29 is 14.2 Å². The van der Waals surface area contributed by atoms with Crippen LogP contribution in [0.1, 0.15) is 18.1 Å². The molecular weight excluding hydrogens is 256 g/mol. The van der Waals surface area contributed by atoms with Gasteiger partial charge < -0.3 is 19.5 Å². The third-order valence-electron chi connectivity index (χ3n) is 3.19. The highest BCUT2D eigenvalue weighted by Gasteiger charge is 2.18. The fourth-order valence-corrected chi connectivity index (χ4v) is 2.21. The van der Waals surface area contributed by atoms with Crippen LogP contribution in [0.5, 0.6) is 5.75 Å². The lowest BCUT2D eigenvalue weighted by Gasteiger charge is -2.28. The first-order valence-corrected chi connectivity index (χ1v) is 6.74. The summed E-state index contributed by atoms with van der Waals surface area (Å²) in [6.07, 6.45) is 0.316. The number of methoxy groups -OCH3 is 1. The van der Waals surface area contributed by atoms with Crippen LogP contribution in [0, 0.1) is 11.3 Å². The van der Waals surface area contributed by atoms with Gasteiger partial charge in [-0.15, -0.1) is 0 Å². The highest BCUT2D eigenvalue weighted by molar-refractivity contribution is 5.45. The average molecular weight is 276 g/mol. The summed E-state index contributed by atoms with van der Waals surface area (Å²) in [5, 5.41) is 12.3. The lowest BCUT2D eigenvalue weighted by Crippen LogP contribution is -2.45. The molecule has 1 aliphatic heterocycles. The van der Waals surface area contributed by atoms with Crippen LogP contribution in [0.15, 0.2) is 18.2 Å². The molecule has 1 saturated heterocycles. The van der Waals surface area contributed by atoms with Gasteiger partial charge in [0.2, 0.25) is 0 Å². The Balaban J connectivity index is 1.83. The molecule has 0 radical (unpaired) electrons. The van der Waals surface area contributed by atoms with E-state index in [2.05, 4.69) is 11.4 Å². The van der Waals surface area contributed by atoms with E-state index < -0.39 is 0 Å². The van der Waals surface area contributed by atoms with Gasteiger partial charge >= 0.3 is 0 Å². The maximum atomic E-state index is 9.03. The number of rotatable bonds is 5. The minimum Gasteiger partial charge on any atom is -0.495 e. The van der Waals surface area contributed by atoms with Crippen LogP contribution in [-0.2, 0) is 16.1 Å². The van der Waals surface area contributed by atoms with Crippen molar-refractivity contribution in [1.29, 1.82) is 5.26 Å². The number of hydrogen-bond donors (Lipinski definition) is 1. The zero-order chi connectivity index (χ0) is 14.4. The molecule has 2 unspecified atom stereocenters. The SMILES string of the molecule is COc1ccc(COCC2CNCC(C)O2)cc1C#N. The van der Waals surface area contributed by atoms with Gasteiger partial charge in [-0.05, 0) is 24.6 Å². The summed E-state index contributed by atoms with van der Waals surface area (Å²) in [5.41, 5.74) is 1.48. The van der Waals surface area contributed by atoms with Crippen molar-refractivity contribution in [3.8, 4) is 11.8 Å². The molecule has 1 aromatic carbocycles. The van der Waals surface area contributed by atoms with Crippen molar-refractivity contribution in [2.75, 3.05) is 26.8 Å². The van der Waals surface area contributed by atoms with Crippen LogP contribution >= 0.6 is 0 Å². The van der Waals surface area contributed by atoms with E-state index in [0.29, 0.717) is 24.5 Å². The Labute approximate surface area is 119 Å². The number of morpholine rings is 1. The molecule has 0 bridgehead atoms. The van der Waals surface area contributed by atoms with Crippen LogP contribution in [0.25, 0.3) is 0 Å². The summed E-state index contributed by atoms with van der Waals surface area (Å²) < 4.78 is 16.5. The van der Waals surface area contributed by atoms with E-state index in [1.807, 2.05) is 13.0 Å². The molecule has 1 fully saturated rings. The molecule has 5 nitrogen and oxygen atoms in total. The van der Waals surface area contributed by atoms with Crippen molar-refractivity contribution in [2.24, 2.45) is 0 Å². The van der Waals surface area contributed by atoms with E-state index >= 15 is 0 Å². The first-order chi connectivity index (χ1) is 9.72. The van der Waals surface area contributed by atoms with Crippen LogP contribution in [0.3, 0.4) is 0 Å². The van der Waals surface area contributed by atoms with Crippen LogP contribution < -0.4 is 10.1 Å². The van der Waals surface area contributed by atoms with E-state index in [-0.39, 0.29) is 12.2 Å². The van der Waals surface area contributed by atoms with Crippen molar-refractivity contribution in [2.45, 2.75) is 25.7 Å². The normalized spacial score (nSPS) is 22.2. The minimum atomic E-state index is 0.0902. The summed E-state index contributed by atoms with van der Waals surface area (Å²) in [7, 11) is 1.56. The maximum absolute atomic E-state index is 9.03. The van der Waals surface area contributed by atoms with E-state index in [4.69, 9.17) is 19.5 Å². The van der Waals surface area contributed by atoms with Crippen LogP contribution in [-0.4, -0.2) is 39.0 Å². The second-order valence-electron chi connectivity index (χ2n) is 4.89. The Bertz CT molecular complexity index is 484. The van der Waals surface area contributed by atoms with Gasteiger partial charge in [0.15, 0.2) is 0 Å². The predicted octanol–water partition coefficient (Wildman–Crippen LogP) is 1.46. The van der Waals surface area contributed by atoms with Gasteiger partial charge in [0, 0.05) is 13.1 Å². The van der Waals surface area contributed by atoms with E-state index in [1.165, 1.54) is 0 Å². The molecule has 108 valence electrons. The molecule has 1 N–H and O–H groups in total. The van der Waals surface area contributed by atoms with Gasteiger partial charge in [0.25, 0.3) is 0 Å². The fourth-order valence-electron chi connectivity index (χ4n) is 2.21. The quantitative estimate of drug-likeness (QED) is 0.882. The molecule has 0 amide bonds. The highest BCUT2D eigenvalue weighted by atomic mass is 16.5. The second-order valence-corrected chi connectivity index (χ2v) is 4.89. The lowest BCUT2D eigenvalue weighted by molar-refractivity contribution is -0.0716. The van der Waals surface area contributed by atoms with Gasteiger partial charge in [0.1, 0.15) is 11.8 Å². The number of nitrogens with zero attached hydrogens (tertiary/aromatic N) is 1. The van der Waals surface area contributed by atoms with Crippen molar-refractivity contribution in [3.05, 3.63) is 29.3 Å². The number of nitriles is 1. The molecule has 5 heteroatoms. The van der Waals surface area contributed by atoms with Gasteiger partial charge in [-0.2, -0.15) is 5.26 Å². The monoisotopic (exact) mass is 276 g/mol. The molecule has 0 saturated carbocycles. The molecule has 0 aliphatic carbocycles. The van der Waals surface area contributed by atoms with Gasteiger partial charge in [-0.1, -0.05) is 6.07 Å². The zero-order valence-corrected chi connectivity index (χ0v) is 11.9.